The van der Waals surface area contributed by atoms with Gasteiger partial charge in [-0.3, -0.25) is 0 Å². The summed E-state index contributed by atoms with van der Waals surface area (Å²) < 4.78 is 2.39. The van der Waals surface area contributed by atoms with Crippen LogP contribution >= 0.6 is 0 Å². The van der Waals surface area contributed by atoms with Gasteiger partial charge in [0.25, 0.3) is 0 Å². The van der Waals surface area contributed by atoms with Crippen molar-refractivity contribution in [1.29, 1.82) is 0 Å². The van der Waals surface area contributed by atoms with E-state index in [1.807, 2.05) is 18.3 Å². The molecular weight excluding hydrogens is 226 g/mol. The molecule has 0 amide bonds. The quantitative estimate of drug-likeness (QED) is 0.773. The second-order valence-electron chi connectivity index (χ2n) is 4.94. The van der Waals surface area contributed by atoms with Gasteiger partial charge in [0, 0.05) is 5.69 Å². The largest absolute Gasteiger partial charge is 0.368 e. The highest BCUT2D eigenvalue weighted by Gasteiger charge is 2.25. The molecule has 0 aliphatic carbocycles. The average Bonchev–Trinajstić information content (AvgIpc) is 2.30. The van der Waals surface area contributed by atoms with Crippen molar-refractivity contribution in [2.45, 2.75) is 19.6 Å². The minimum absolute atomic E-state index is 1.12. The minimum Gasteiger partial charge on any atom is -0.368 e. The van der Waals surface area contributed by atoms with Crippen LogP contribution in [-0.2, 0) is 0 Å². The van der Waals surface area contributed by atoms with Crippen LogP contribution in [0.25, 0.3) is 0 Å². The summed E-state index contributed by atoms with van der Waals surface area (Å²) in [5.41, 5.74) is 2.34. The molecule has 0 bridgehead atoms. The van der Waals surface area contributed by atoms with Gasteiger partial charge in [0.15, 0.2) is 8.24 Å². The average molecular weight is 243 g/mol. The Morgan fingerprint density at radius 3 is 2.12 bits per heavy atom. The van der Waals surface area contributed by atoms with Crippen molar-refractivity contribution >= 4 is 19.6 Å². The lowest BCUT2D eigenvalue weighted by Gasteiger charge is -2.36. The van der Waals surface area contributed by atoms with Crippen LogP contribution in [-0.4, -0.2) is 18.4 Å². The summed E-state index contributed by atoms with van der Waals surface area (Å²) in [5, 5.41) is 7.82. The van der Waals surface area contributed by atoms with E-state index in [0.29, 0.717) is 0 Å². The Labute approximate surface area is 103 Å². The van der Waals surface area contributed by atoms with Gasteiger partial charge in [-0.1, -0.05) is 37.8 Å². The normalized spacial score (nSPS) is 11.2. The number of para-hydroxylation sites is 1. The molecule has 3 nitrogen and oxygen atoms in total. The number of hydrogen-bond donors (Lipinski definition) is 0. The number of nitrogens with zero attached hydrogens (tertiary/aromatic N) is 3. The fourth-order valence-electron chi connectivity index (χ4n) is 1.92. The highest BCUT2D eigenvalue weighted by atomic mass is 28.3. The highest BCUT2D eigenvalue weighted by Crippen LogP contribution is 2.29. The molecule has 17 heavy (non-hydrogen) atoms. The minimum atomic E-state index is -1.50. The summed E-state index contributed by atoms with van der Waals surface area (Å²) in [6, 6.07) is 12.5. The van der Waals surface area contributed by atoms with Crippen molar-refractivity contribution in [2.24, 2.45) is 0 Å². The van der Waals surface area contributed by atoms with Gasteiger partial charge in [-0.05, 0) is 18.2 Å². The Morgan fingerprint density at radius 1 is 0.882 bits per heavy atom. The Kier molecular flexibility index (Phi) is 3.24. The molecule has 2 aromatic rings. The molecule has 1 aromatic carbocycles. The zero-order valence-electron chi connectivity index (χ0n) is 10.5. The molecule has 88 valence electrons. The maximum Gasteiger partial charge on any atom is 0.153 e. The lowest BCUT2D eigenvalue weighted by Crippen LogP contribution is -2.42. The third-order valence-corrected chi connectivity index (χ3v) is 4.37. The molecule has 0 unspecified atom stereocenters. The van der Waals surface area contributed by atoms with Gasteiger partial charge in [-0.2, -0.15) is 10.2 Å². The zero-order valence-corrected chi connectivity index (χ0v) is 11.5. The van der Waals surface area contributed by atoms with Crippen LogP contribution in [0.15, 0.2) is 48.8 Å². The summed E-state index contributed by atoms with van der Waals surface area (Å²) >= 11 is 0. The van der Waals surface area contributed by atoms with Crippen LogP contribution in [0.3, 0.4) is 0 Å². The number of rotatable bonds is 3. The predicted molar refractivity (Wildman–Crippen MR) is 74.0 cm³/mol. The van der Waals surface area contributed by atoms with E-state index in [1.54, 1.807) is 6.20 Å². The fraction of sp³-hybridized carbons (Fsp3) is 0.231. The molecule has 0 spiro atoms. The number of aromatic nitrogens is 2. The van der Waals surface area contributed by atoms with Crippen molar-refractivity contribution < 1.29 is 0 Å². The smallest absolute Gasteiger partial charge is 0.153 e. The summed E-state index contributed by atoms with van der Waals surface area (Å²) in [6.07, 6.45) is 3.57. The van der Waals surface area contributed by atoms with Crippen molar-refractivity contribution in [3.63, 3.8) is 0 Å². The summed E-state index contributed by atoms with van der Waals surface area (Å²) in [4.78, 5) is 0. The van der Waals surface area contributed by atoms with E-state index in [0.717, 1.165) is 5.69 Å². The molecule has 0 saturated heterocycles. The Balaban J connectivity index is 2.48. The topological polar surface area (TPSA) is 29.0 Å². The molecule has 0 saturated carbocycles. The first-order chi connectivity index (χ1) is 8.09. The van der Waals surface area contributed by atoms with Crippen LogP contribution < -0.4 is 4.57 Å². The third-order valence-electron chi connectivity index (χ3n) is 2.51. The van der Waals surface area contributed by atoms with Gasteiger partial charge >= 0.3 is 0 Å². The van der Waals surface area contributed by atoms with Crippen LogP contribution in [0.1, 0.15) is 0 Å². The maximum absolute atomic E-state index is 3.98. The molecule has 0 aliphatic rings. The van der Waals surface area contributed by atoms with Gasteiger partial charge < -0.3 is 4.57 Å². The number of benzene rings is 1. The van der Waals surface area contributed by atoms with Crippen LogP contribution in [0, 0.1) is 0 Å². The van der Waals surface area contributed by atoms with Gasteiger partial charge in [-0.15, -0.1) is 0 Å². The Hall–Kier alpha value is -1.68. The van der Waals surface area contributed by atoms with Gasteiger partial charge in [0.05, 0.1) is 18.1 Å². The van der Waals surface area contributed by atoms with E-state index >= 15 is 0 Å². The van der Waals surface area contributed by atoms with E-state index in [4.69, 9.17) is 0 Å². The first kappa shape index (κ1) is 11.8. The highest BCUT2D eigenvalue weighted by molar-refractivity contribution is 6.81. The van der Waals surface area contributed by atoms with Crippen molar-refractivity contribution in [3.8, 4) is 0 Å². The number of anilines is 2. The zero-order chi connectivity index (χ0) is 12.3. The second-order valence-corrected chi connectivity index (χ2v) is 9.73. The van der Waals surface area contributed by atoms with Gasteiger partial charge in [0.1, 0.15) is 0 Å². The Morgan fingerprint density at radius 2 is 1.59 bits per heavy atom. The SMILES string of the molecule is C[Si](C)(C)N(c1ccccc1)c1ccnnc1. The second kappa shape index (κ2) is 4.67. The lowest BCUT2D eigenvalue weighted by atomic mass is 10.3. The Bertz CT molecular complexity index is 426. The summed E-state index contributed by atoms with van der Waals surface area (Å²) in [5.74, 6) is 0. The molecule has 1 heterocycles. The first-order valence-electron chi connectivity index (χ1n) is 5.71. The van der Waals surface area contributed by atoms with Gasteiger partial charge in [-0.25, -0.2) is 0 Å². The molecule has 0 radical (unpaired) electrons. The van der Waals surface area contributed by atoms with E-state index in [2.05, 4.69) is 58.7 Å². The maximum atomic E-state index is 3.98. The van der Waals surface area contributed by atoms with E-state index in [9.17, 15) is 0 Å². The fourth-order valence-corrected chi connectivity index (χ4v) is 3.75. The third kappa shape index (κ3) is 2.71. The van der Waals surface area contributed by atoms with Crippen LogP contribution in [0.5, 0.6) is 0 Å². The molecule has 4 heteroatoms. The lowest BCUT2D eigenvalue weighted by molar-refractivity contribution is 1.02. The molecule has 2 rings (SSSR count). The van der Waals surface area contributed by atoms with Gasteiger partial charge in [0.2, 0.25) is 0 Å². The summed E-state index contributed by atoms with van der Waals surface area (Å²) in [6.45, 7) is 6.96. The molecular formula is C13H17N3Si. The van der Waals surface area contributed by atoms with Crippen LogP contribution in [0.4, 0.5) is 11.4 Å². The molecule has 0 aliphatic heterocycles. The van der Waals surface area contributed by atoms with E-state index < -0.39 is 8.24 Å². The molecule has 0 fully saturated rings. The standard InChI is InChI=1S/C13H17N3Si/c1-17(2,3)16(12-7-5-4-6-8-12)13-9-10-14-15-11-13/h4-11H,1-3H3. The monoisotopic (exact) mass is 243 g/mol. The summed E-state index contributed by atoms with van der Waals surface area (Å²) in [7, 11) is -1.50. The van der Waals surface area contributed by atoms with E-state index in [1.165, 1.54) is 5.69 Å². The number of hydrogen-bond acceptors (Lipinski definition) is 3. The predicted octanol–water partition coefficient (Wildman–Crippen LogP) is 3.45. The van der Waals surface area contributed by atoms with E-state index in [-0.39, 0.29) is 0 Å². The van der Waals surface area contributed by atoms with Crippen molar-refractivity contribution in [3.05, 3.63) is 48.8 Å². The molecule has 0 atom stereocenters. The van der Waals surface area contributed by atoms with Crippen LogP contribution in [0.2, 0.25) is 19.6 Å². The first-order valence-corrected chi connectivity index (χ1v) is 9.16. The molecule has 1 aromatic heterocycles. The van der Waals surface area contributed by atoms with Crippen molar-refractivity contribution in [2.75, 3.05) is 4.57 Å². The molecule has 0 N–H and O–H groups in total. The van der Waals surface area contributed by atoms with Crippen molar-refractivity contribution in [1.82, 2.24) is 10.2 Å².